The zero-order valence-electron chi connectivity index (χ0n) is 15.9. The normalized spacial score (nSPS) is 16.1. The molecule has 27 heavy (non-hydrogen) atoms. The first-order valence-electron chi connectivity index (χ1n) is 9.33. The highest BCUT2D eigenvalue weighted by Crippen LogP contribution is 2.20. The number of hydrogen-bond donors (Lipinski definition) is 1. The first-order chi connectivity index (χ1) is 12.9. The largest absolute Gasteiger partial charge is 0.350 e. The average Bonchev–Trinajstić information content (AvgIpc) is 3.16. The van der Waals surface area contributed by atoms with Crippen LogP contribution in [0.1, 0.15) is 38.2 Å². The molecule has 1 saturated heterocycles. The van der Waals surface area contributed by atoms with E-state index in [0.29, 0.717) is 32.5 Å². The van der Waals surface area contributed by atoms with Gasteiger partial charge in [0.15, 0.2) is 0 Å². The number of amides is 3. The molecular formula is C20H27N3O4. The van der Waals surface area contributed by atoms with Crippen molar-refractivity contribution < 1.29 is 19.2 Å². The zero-order valence-corrected chi connectivity index (χ0v) is 15.9. The van der Waals surface area contributed by atoms with Crippen molar-refractivity contribution in [1.29, 1.82) is 0 Å². The molecule has 146 valence electrons. The Morgan fingerprint density at radius 3 is 2.52 bits per heavy atom. The van der Waals surface area contributed by atoms with Crippen molar-refractivity contribution in [3.63, 3.8) is 0 Å². The van der Waals surface area contributed by atoms with E-state index in [2.05, 4.69) is 5.32 Å². The Kier molecular flexibility index (Phi) is 7.52. The number of benzene rings is 1. The van der Waals surface area contributed by atoms with Gasteiger partial charge in [-0.05, 0) is 25.3 Å². The van der Waals surface area contributed by atoms with Crippen LogP contribution in [0.5, 0.6) is 0 Å². The number of rotatable bonds is 8. The maximum atomic E-state index is 12.5. The fourth-order valence-corrected chi connectivity index (χ4v) is 3.23. The SMILES string of the molecule is CCNC(=O)C(=O)[C@@H]1CCCN1C(=O)CCC(=O)N(C)Cc1ccccc1. The molecule has 1 aromatic rings. The van der Waals surface area contributed by atoms with Crippen LogP contribution in [0.3, 0.4) is 0 Å². The van der Waals surface area contributed by atoms with Crippen LogP contribution in [0, 0.1) is 0 Å². The smallest absolute Gasteiger partial charge is 0.289 e. The molecule has 1 aliphatic heterocycles. The Morgan fingerprint density at radius 2 is 1.85 bits per heavy atom. The number of Topliss-reactive ketones (excluding diaryl/α,β-unsaturated/α-hetero) is 1. The number of likely N-dealkylation sites (N-methyl/N-ethyl adjacent to an activating group) is 1. The number of carbonyl (C=O) groups is 4. The standard InChI is InChI=1S/C20H27N3O4/c1-3-21-20(27)19(26)16-10-7-13-23(16)18(25)12-11-17(24)22(2)14-15-8-5-4-6-9-15/h4-6,8-9,16H,3,7,10-14H2,1-2H3,(H,21,27)/t16-/m0/s1. The number of carbonyl (C=O) groups excluding carboxylic acids is 4. The van der Waals surface area contributed by atoms with Gasteiger partial charge in [0.05, 0.1) is 0 Å². The summed E-state index contributed by atoms with van der Waals surface area (Å²) >= 11 is 0. The number of nitrogens with one attached hydrogen (secondary N) is 1. The average molecular weight is 373 g/mol. The zero-order chi connectivity index (χ0) is 19.8. The second-order valence-electron chi connectivity index (χ2n) is 6.70. The third-order valence-corrected chi connectivity index (χ3v) is 4.68. The number of hydrogen-bond acceptors (Lipinski definition) is 4. The summed E-state index contributed by atoms with van der Waals surface area (Å²) in [4.78, 5) is 51.8. The molecule has 3 amide bonds. The summed E-state index contributed by atoms with van der Waals surface area (Å²) in [7, 11) is 1.71. The predicted molar refractivity (Wildman–Crippen MR) is 101 cm³/mol. The summed E-state index contributed by atoms with van der Waals surface area (Å²) in [6.07, 6.45) is 1.30. The van der Waals surface area contributed by atoms with Gasteiger partial charge in [-0.15, -0.1) is 0 Å². The van der Waals surface area contributed by atoms with E-state index >= 15 is 0 Å². The Hall–Kier alpha value is -2.70. The van der Waals surface area contributed by atoms with Crippen molar-refractivity contribution in [3.05, 3.63) is 35.9 Å². The summed E-state index contributed by atoms with van der Waals surface area (Å²) in [5, 5.41) is 2.48. The topological polar surface area (TPSA) is 86.8 Å². The third kappa shape index (κ3) is 5.64. The second-order valence-corrected chi connectivity index (χ2v) is 6.70. The fourth-order valence-electron chi connectivity index (χ4n) is 3.23. The van der Waals surface area contributed by atoms with Gasteiger partial charge in [0.25, 0.3) is 5.91 Å². The van der Waals surface area contributed by atoms with E-state index in [9.17, 15) is 19.2 Å². The molecular weight excluding hydrogens is 346 g/mol. The molecule has 0 radical (unpaired) electrons. The first-order valence-corrected chi connectivity index (χ1v) is 9.33. The van der Waals surface area contributed by atoms with Gasteiger partial charge < -0.3 is 15.1 Å². The van der Waals surface area contributed by atoms with E-state index in [1.54, 1.807) is 18.9 Å². The van der Waals surface area contributed by atoms with Crippen LogP contribution >= 0.6 is 0 Å². The van der Waals surface area contributed by atoms with Crippen LogP contribution in [-0.2, 0) is 25.7 Å². The lowest BCUT2D eigenvalue weighted by Gasteiger charge is -2.24. The molecule has 0 aliphatic carbocycles. The molecule has 1 aromatic carbocycles. The molecule has 0 bridgehead atoms. The Bertz CT molecular complexity index is 690. The van der Waals surface area contributed by atoms with Gasteiger partial charge in [-0.2, -0.15) is 0 Å². The minimum atomic E-state index is -0.707. The van der Waals surface area contributed by atoms with E-state index < -0.39 is 17.7 Å². The van der Waals surface area contributed by atoms with Gasteiger partial charge in [-0.3, -0.25) is 19.2 Å². The highest BCUT2D eigenvalue weighted by molar-refractivity contribution is 6.38. The number of likely N-dealkylation sites (tertiary alicyclic amines) is 1. The van der Waals surface area contributed by atoms with Crippen molar-refractivity contribution in [1.82, 2.24) is 15.1 Å². The molecule has 2 rings (SSSR count). The van der Waals surface area contributed by atoms with Crippen LogP contribution in [-0.4, -0.2) is 59.5 Å². The molecule has 0 saturated carbocycles. The summed E-state index contributed by atoms with van der Waals surface area (Å²) < 4.78 is 0. The molecule has 7 nitrogen and oxygen atoms in total. The van der Waals surface area contributed by atoms with Crippen molar-refractivity contribution >= 4 is 23.5 Å². The highest BCUT2D eigenvalue weighted by atomic mass is 16.2. The van der Waals surface area contributed by atoms with Gasteiger partial charge in [-0.25, -0.2) is 0 Å². The highest BCUT2D eigenvalue weighted by Gasteiger charge is 2.36. The maximum absolute atomic E-state index is 12.5. The monoisotopic (exact) mass is 373 g/mol. The van der Waals surface area contributed by atoms with Crippen LogP contribution in [0.25, 0.3) is 0 Å². The molecule has 0 aromatic heterocycles. The van der Waals surface area contributed by atoms with Gasteiger partial charge in [-0.1, -0.05) is 30.3 Å². The van der Waals surface area contributed by atoms with Crippen LogP contribution in [0.2, 0.25) is 0 Å². The van der Waals surface area contributed by atoms with E-state index in [0.717, 1.165) is 5.56 Å². The molecule has 1 aliphatic rings. The van der Waals surface area contributed by atoms with Crippen LogP contribution in [0.4, 0.5) is 0 Å². The minimum absolute atomic E-state index is 0.0388. The molecule has 1 atom stereocenters. The second kappa shape index (κ2) is 9.85. The van der Waals surface area contributed by atoms with Crippen LogP contribution in [0.15, 0.2) is 30.3 Å². The minimum Gasteiger partial charge on any atom is -0.350 e. The van der Waals surface area contributed by atoms with Gasteiger partial charge in [0.1, 0.15) is 6.04 Å². The van der Waals surface area contributed by atoms with Crippen LogP contribution < -0.4 is 5.32 Å². The lowest BCUT2D eigenvalue weighted by molar-refractivity contribution is -0.144. The molecule has 1 heterocycles. The number of nitrogens with zero attached hydrogens (tertiary/aromatic N) is 2. The van der Waals surface area contributed by atoms with E-state index in [4.69, 9.17) is 0 Å². The summed E-state index contributed by atoms with van der Waals surface area (Å²) in [6.45, 7) is 3.03. The van der Waals surface area contributed by atoms with E-state index in [1.807, 2.05) is 30.3 Å². The summed E-state index contributed by atoms with van der Waals surface area (Å²) in [6, 6.07) is 8.92. The van der Waals surface area contributed by atoms with Gasteiger partial charge in [0, 0.05) is 39.5 Å². The molecule has 0 unspecified atom stereocenters. The molecule has 1 N–H and O–H groups in total. The van der Waals surface area contributed by atoms with E-state index in [1.165, 1.54) is 4.90 Å². The van der Waals surface area contributed by atoms with Crippen molar-refractivity contribution in [2.24, 2.45) is 0 Å². The summed E-state index contributed by atoms with van der Waals surface area (Å²) in [5.74, 6) is -1.61. The molecule has 7 heteroatoms. The maximum Gasteiger partial charge on any atom is 0.289 e. The van der Waals surface area contributed by atoms with Gasteiger partial charge >= 0.3 is 0 Å². The van der Waals surface area contributed by atoms with Crippen molar-refractivity contribution in [3.8, 4) is 0 Å². The Balaban J connectivity index is 1.85. The quantitative estimate of drug-likeness (QED) is 0.692. The molecule has 1 fully saturated rings. The molecule has 0 spiro atoms. The van der Waals surface area contributed by atoms with Gasteiger partial charge in [0.2, 0.25) is 17.6 Å². The predicted octanol–water partition coefficient (Wildman–Crippen LogP) is 1.12. The third-order valence-electron chi connectivity index (χ3n) is 4.68. The van der Waals surface area contributed by atoms with Crippen molar-refractivity contribution in [2.45, 2.75) is 45.2 Å². The lowest BCUT2D eigenvalue weighted by atomic mass is 10.1. The van der Waals surface area contributed by atoms with Crippen molar-refractivity contribution in [2.75, 3.05) is 20.1 Å². The first kappa shape index (κ1) is 20.6. The van der Waals surface area contributed by atoms with E-state index in [-0.39, 0.29) is 24.7 Å². The Morgan fingerprint density at radius 1 is 1.15 bits per heavy atom. The number of ketones is 1. The fraction of sp³-hybridized carbons (Fsp3) is 0.500. The lowest BCUT2D eigenvalue weighted by Crippen LogP contribution is -2.46. The Labute approximate surface area is 159 Å². The summed E-state index contributed by atoms with van der Waals surface area (Å²) in [5.41, 5.74) is 1.02.